The molecule has 0 radical (unpaired) electrons. The molecule has 8 heteroatoms. The van der Waals surface area contributed by atoms with E-state index in [0.29, 0.717) is 47.7 Å². The topological polar surface area (TPSA) is 79.1 Å². The monoisotopic (exact) mass is 425 g/mol. The highest BCUT2D eigenvalue weighted by molar-refractivity contribution is 5.65. The molecule has 0 unspecified atom stereocenters. The summed E-state index contributed by atoms with van der Waals surface area (Å²) in [6, 6.07) is 11.5. The molecule has 3 rings (SSSR count). The van der Waals surface area contributed by atoms with Gasteiger partial charge in [0.1, 0.15) is 12.4 Å². The number of nitrogens with zero attached hydrogens (tertiary/aromatic N) is 3. The summed E-state index contributed by atoms with van der Waals surface area (Å²) >= 11 is 0. The first-order chi connectivity index (χ1) is 15.1. The van der Waals surface area contributed by atoms with Crippen molar-refractivity contribution in [3.8, 4) is 34.5 Å². The van der Waals surface area contributed by atoms with Crippen molar-refractivity contribution in [2.75, 3.05) is 35.0 Å². The fourth-order valence-corrected chi connectivity index (χ4v) is 3.08. The van der Waals surface area contributed by atoms with Crippen molar-refractivity contribution in [2.24, 2.45) is 0 Å². The van der Waals surface area contributed by atoms with Crippen LogP contribution in [0.2, 0.25) is 0 Å². The standard InChI is InChI=1S/C23H27N3O5/c1-6-11-30-18-9-7-16(8-10-18)14-26(2)15-21-24-25-23(31-21)17-12-19(27-3)22(29-5)20(13-17)28-4/h6-10,12-13H,1,11,14-15H2,2-5H3. The van der Waals surface area contributed by atoms with Crippen LogP contribution in [0, 0.1) is 0 Å². The summed E-state index contributed by atoms with van der Waals surface area (Å²) in [5, 5.41) is 8.35. The molecule has 164 valence electrons. The molecule has 0 fully saturated rings. The molecule has 0 aliphatic carbocycles. The summed E-state index contributed by atoms with van der Waals surface area (Å²) in [6.45, 7) is 5.37. The second-order valence-electron chi connectivity index (χ2n) is 6.83. The Labute approximate surface area is 182 Å². The van der Waals surface area contributed by atoms with E-state index >= 15 is 0 Å². The normalized spacial score (nSPS) is 10.7. The van der Waals surface area contributed by atoms with Crippen LogP contribution in [0.25, 0.3) is 11.5 Å². The van der Waals surface area contributed by atoms with E-state index in [4.69, 9.17) is 23.4 Å². The van der Waals surface area contributed by atoms with Gasteiger partial charge < -0.3 is 23.4 Å². The van der Waals surface area contributed by atoms with Crippen LogP contribution in [0.5, 0.6) is 23.0 Å². The van der Waals surface area contributed by atoms with Crippen LogP contribution in [0.4, 0.5) is 0 Å². The highest BCUT2D eigenvalue weighted by atomic mass is 16.5. The second kappa shape index (κ2) is 10.5. The molecular formula is C23H27N3O5. The summed E-state index contributed by atoms with van der Waals surface area (Å²) in [7, 11) is 6.68. The third kappa shape index (κ3) is 5.55. The first-order valence-corrected chi connectivity index (χ1v) is 9.71. The van der Waals surface area contributed by atoms with Crippen LogP contribution in [0.3, 0.4) is 0 Å². The highest BCUT2D eigenvalue weighted by Crippen LogP contribution is 2.40. The molecule has 0 aliphatic rings. The van der Waals surface area contributed by atoms with Crippen molar-refractivity contribution in [3.05, 3.63) is 60.5 Å². The first kappa shape index (κ1) is 22.2. The fraction of sp³-hybridized carbons (Fsp3) is 0.304. The van der Waals surface area contributed by atoms with Gasteiger partial charge in [0.2, 0.25) is 17.5 Å². The van der Waals surface area contributed by atoms with Gasteiger partial charge in [-0.1, -0.05) is 24.8 Å². The molecule has 0 spiro atoms. The molecule has 0 bridgehead atoms. The lowest BCUT2D eigenvalue weighted by atomic mass is 10.2. The molecule has 0 atom stereocenters. The van der Waals surface area contributed by atoms with Gasteiger partial charge in [-0.3, -0.25) is 4.90 Å². The van der Waals surface area contributed by atoms with E-state index in [1.165, 1.54) is 0 Å². The lowest BCUT2D eigenvalue weighted by Gasteiger charge is -2.14. The van der Waals surface area contributed by atoms with Crippen LogP contribution in [-0.4, -0.2) is 50.1 Å². The van der Waals surface area contributed by atoms with E-state index in [9.17, 15) is 0 Å². The van der Waals surface area contributed by atoms with Crippen LogP contribution >= 0.6 is 0 Å². The maximum Gasteiger partial charge on any atom is 0.248 e. The van der Waals surface area contributed by atoms with Gasteiger partial charge in [-0.25, -0.2) is 0 Å². The van der Waals surface area contributed by atoms with E-state index in [-0.39, 0.29) is 0 Å². The van der Waals surface area contributed by atoms with Gasteiger partial charge in [-0.05, 0) is 36.9 Å². The molecule has 8 nitrogen and oxygen atoms in total. The summed E-state index contributed by atoms with van der Waals surface area (Å²) in [5.74, 6) is 3.26. The van der Waals surface area contributed by atoms with E-state index in [1.807, 2.05) is 31.3 Å². The van der Waals surface area contributed by atoms with Crippen molar-refractivity contribution < 1.29 is 23.4 Å². The smallest absolute Gasteiger partial charge is 0.248 e. The predicted octanol–water partition coefficient (Wildman–Crippen LogP) is 3.96. The SMILES string of the molecule is C=CCOc1ccc(CN(C)Cc2nnc(-c3cc(OC)c(OC)c(OC)c3)o2)cc1. The van der Waals surface area contributed by atoms with E-state index in [0.717, 1.165) is 17.9 Å². The molecule has 31 heavy (non-hydrogen) atoms. The Hall–Kier alpha value is -3.52. The molecule has 1 heterocycles. The zero-order chi connectivity index (χ0) is 22.2. The van der Waals surface area contributed by atoms with Gasteiger partial charge in [-0.2, -0.15) is 0 Å². The molecule has 0 saturated heterocycles. The average Bonchev–Trinajstić information content (AvgIpc) is 3.25. The molecule has 1 aromatic heterocycles. The Balaban J connectivity index is 1.67. The summed E-state index contributed by atoms with van der Waals surface area (Å²) in [6.07, 6.45) is 1.72. The molecule has 3 aromatic rings. The maximum absolute atomic E-state index is 5.87. The van der Waals surface area contributed by atoms with Crippen LogP contribution in [-0.2, 0) is 13.1 Å². The lowest BCUT2D eigenvalue weighted by molar-refractivity contribution is 0.282. The number of benzene rings is 2. The Morgan fingerprint density at radius 2 is 1.65 bits per heavy atom. The van der Waals surface area contributed by atoms with Gasteiger partial charge >= 0.3 is 0 Å². The van der Waals surface area contributed by atoms with Crippen molar-refractivity contribution in [2.45, 2.75) is 13.1 Å². The van der Waals surface area contributed by atoms with E-state index in [1.54, 1.807) is 39.5 Å². The molecular weight excluding hydrogens is 398 g/mol. The number of methoxy groups -OCH3 is 3. The van der Waals surface area contributed by atoms with Crippen LogP contribution < -0.4 is 18.9 Å². The highest BCUT2D eigenvalue weighted by Gasteiger charge is 2.18. The fourth-order valence-electron chi connectivity index (χ4n) is 3.08. The summed E-state index contributed by atoms with van der Waals surface area (Å²) < 4.78 is 27.5. The zero-order valence-electron chi connectivity index (χ0n) is 18.3. The lowest BCUT2D eigenvalue weighted by Crippen LogP contribution is -2.17. The van der Waals surface area contributed by atoms with Crippen LogP contribution in [0.15, 0.2) is 53.5 Å². The first-order valence-electron chi connectivity index (χ1n) is 9.71. The minimum absolute atomic E-state index is 0.381. The van der Waals surface area contributed by atoms with E-state index < -0.39 is 0 Å². The largest absolute Gasteiger partial charge is 0.493 e. The summed E-state index contributed by atoms with van der Waals surface area (Å²) in [4.78, 5) is 2.09. The quantitative estimate of drug-likeness (QED) is 0.427. The number of hydrogen-bond acceptors (Lipinski definition) is 8. The average molecular weight is 425 g/mol. The Morgan fingerprint density at radius 3 is 2.23 bits per heavy atom. The molecule has 0 N–H and O–H groups in total. The maximum atomic E-state index is 5.87. The molecule has 0 saturated carbocycles. The Bertz CT molecular complexity index is 976. The van der Waals surface area contributed by atoms with Gasteiger partial charge in [0, 0.05) is 12.1 Å². The Kier molecular flexibility index (Phi) is 7.50. The van der Waals surface area contributed by atoms with Gasteiger partial charge in [0.15, 0.2) is 11.5 Å². The Morgan fingerprint density at radius 1 is 0.968 bits per heavy atom. The van der Waals surface area contributed by atoms with Crippen LogP contribution in [0.1, 0.15) is 11.5 Å². The number of rotatable bonds is 11. The molecule has 2 aromatic carbocycles. The van der Waals surface area contributed by atoms with Crippen molar-refractivity contribution in [1.82, 2.24) is 15.1 Å². The predicted molar refractivity (Wildman–Crippen MR) is 117 cm³/mol. The third-order valence-corrected chi connectivity index (χ3v) is 4.53. The number of ether oxygens (including phenoxy) is 4. The van der Waals surface area contributed by atoms with Gasteiger partial charge in [0.05, 0.1) is 27.9 Å². The number of hydrogen-bond donors (Lipinski definition) is 0. The van der Waals surface area contributed by atoms with Crippen molar-refractivity contribution in [3.63, 3.8) is 0 Å². The molecule has 0 amide bonds. The third-order valence-electron chi connectivity index (χ3n) is 4.53. The van der Waals surface area contributed by atoms with E-state index in [2.05, 4.69) is 21.7 Å². The van der Waals surface area contributed by atoms with Crippen molar-refractivity contribution >= 4 is 0 Å². The minimum atomic E-state index is 0.381. The van der Waals surface area contributed by atoms with Crippen molar-refractivity contribution in [1.29, 1.82) is 0 Å². The van der Waals surface area contributed by atoms with Gasteiger partial charge in [0.25, 0.3) is 0 Å². The van der Waals surface area contributed by atoms with Gasteiger partial charge in [-0.15, -0.1) is 10.2 Å². The zero-order valence-corrected chi connectivity index (χ0v) is 18.3. The second-order valence-corrected chi connectivity index (χ2v) is 6.83. The number of aromatic nitrogens is 2. The minimum Gasteiger partial charge on any atom is -0.493 e. The molecule has 0 aliphatic heterocycles. The summed E-state index contributed by atoms with van der Waals surface area (Å²) in [5.41, 5.74) is 1.84.